The molecule has 1 saturated carbocycles. The standard InChI is InChI=1S/C16H22N4O3/c17-14-4-3-12(9-15(14)20(22)23)16(21)19-7-5-13(6-8-19)18-10-11-1-2-11/h3-4,9,11,13,18H,1-2,5-8,10,17H2. The number of nitrogens with zero attached hydrogens (tertiary/aromatic N) is 2. The number of hydrogen-bond acceptors (Lipinski definition) is 5. The predicted molar refractivity (Wildman–Crippen MR) is 87.2 cm³/mol. The fourth-order valence-electron chi connectivity index (χ4n) is 2.96. The number of nitrogen functional groups attached to an aromatic ring is 1. The van der Waals surface area contributed by atoms with Crippen molar-refractivity contribution in [3.63, 3.8) is 0 Å². The second-order valence-corrected chi connectivity index (χ2v) is 6.45. The lowest BCUT2D eigenvalue weighted by atomic mass is 10.0. The van der Waals surface area contributed by atoms with Gasteiger partial charge in [0, 0.05) is 30.8 Å². The number of nitrogens with one attached hydrogen (secondary N) is 1. The summed E-state index contributed by atoms with van der Waals surface area (Å²) < 4.78 is 0. The maximum absolute atomic E-state index is 12.5. The summed E-state index contributed by atoms with van der Waals surface area (Å²) in [6, 6.07) is 4.73. The first-order chi connectivity index (χ1) is 11.0. The maximum Gasteiger partial charge on any atom is 0.292 e. The molecule has 0 atom stereocenters. The van der Waals surface area contributed by atoms with Crippen molar-refractivity contribution in [3.05, 3.63) is 33.9 Å². The number of rotatable bonds is 5. The zero-order valence-corrected chi connectivity index (χ0v) is 13.0. The van der Waals surface area contributed by atoms with Gasteiger partial charge in [0.1, 0.15) is 5.69 Å². The fraction of sp³-hybridized carbons (Fsp3) is 0.562. The third kappa shape index (κ3) is 3.79. The molecule has 0 bridgehead atoms. The van der Waals surface area contributed by atoms with Crippen molar-refractivity contribution in [2.45, 2.75) is 31.7 Å². The Morgan fingerprint density at radius 3 is 2.61 bits per heavy atom. The maximum atomic E-state index is 12.5. The Bertz CT molecular complexity index is 607. The van der Waals surface area contributed by atoms with Crippen LogP contribution in [-0.2, 0) is 0 Å². The molecule has 1 aromatic rings. The third-order valence-electron chi connectivity index (χ3n) is 4.65. The molecule has 0 unspecified atom stereocenters. The van der Waals surface area contributed by atoms with Gasteiger partial charge in [0.25, 0.3) is 11.6 Å². The summed E-state index contributed by atoms with van der Waals surface area (Å²) in [5.41, 5.74) is 5.77. The summed E-state index contributed by atoms with van der Waals surface area (Å²) >= 11 is 0. The monoisotopic (exact) mass is 318 g/mol. The molecule has 23 heavy (non-hydrogen) atoms. The van der Waals surface area contributed by atoms with E-state index >= 15 is 0 Å². The van der Waals surface area contributed by atoms with Crippen LogP contribution in [-0.4, -0.2) is 41.4 Å². The van der Waals surface area contributed by atoms with E-state index in [1.165, 1.54) is 25.0 Å². The Balaban J connectivity index is 1.58. The third-order valence-corrected chi connectivity index (χ3v) is 4.65. The van der Waals surface area contributed by atoms with Crippen molar-refractivity contribution in [2.75, 3.05) is 25.4 Å². The number of carbonyl (C=O) groups is 1. The molecular weight excluding hydrogens is 296 g/mol. The smallest absolute Gasteiger partial charge is 0.292 e. The number of likely N-dealkylation sites (tertiary alicyclic amines) is 1. The molecular formula is C16H22N4O3. The SMILES string of the molecule is Nc1ccc(C(=O)N2CCC(NCC3CC3)CC2)cc1[N+](=O)[O-]. The van der Waals surface area contributed by atoms with E-state index in [-0.39, 0.29) is 17.3 Å². The molecule has 2 aliphatic rings. The molecule has 7 nitrogen and oxygen atoms in total. The lowest BCUT2D eigenvalue weighted by Gasteiger charge is -2.32. The second-order valence-electron chi connectivity index (χ2n) is 6.45. The average Bonchev–Trinajstić information content (AvgIpc) is 3.37. The number of piperidine rings is 1. The summed E-state index contributed by atoms with van der Waals surface area (Å²) in [5.74, 6) is 0.693. The van der Waals surface area contributed by atoms with Gasteiger partial charge in [-0.15, -0.1) is 0 Å². The van der Waals surface area contributed by atoms with Gasteiger partial charge in [-0.25, -0.2) is 0 Å². The number of benzene rings is 1. The van der Waals surface area contributed by atoms with Crippen molar-refractivity contribution in [1.82, 2.24) is 10.2 Å². The van der Waals surface area contributed by atoms with Crippen molar-refractivity contribution < 1.29 is 9.72 Å². The number of hydrogen-bond donors (Lipinski definition) is 2. The number of carbonyl (C=O) groups excluding carboxylic acids is 1. The lowest BCUT2D eigenvalue weighted by molar-refractivity contribution is -0.383. The highest BCUT2D eigenvalue weighted by molar-refractivity contribution is 5.95. The molecule has 1 aromatic carbocycles. The van der Waals surface area contributed by atoms with Crippen molar-refractivity contribution in [1.29, 1.82) is 0 Å². The minimum Gasteiger partial charge on any atom is -0.393 e. The molecule has 7 heteroatoms. The zero-order chi connectivity index (χ0) is 16.4. The molecule has 0 spiro atoms. The Hall–Kier alpha value is -2.15. The molecule has 3 rings (SSSR count). The molecule has 1 heterocycles. The minimum atomic E-state index is -0.555. The van der Waals surface area contributed by atoms with Crippen molar-refractivity contribution >= 4 is 17.3 Å². The van der Waals surface area contributed by atoms with Crippen LogP contribution >= 0.6 is 0 Å². The Morgan fingerprint density at radius 2 is 2.00 bits per heavy atom. The summed E-state index contributed by atoms with van der Waals surface area (Å²) in [5, 5.41) is 14.5. The molecule has 2 fully saturated rings. The van der Waals surface area contributed by atoms with Gasteiger partial charge in [-0.05, 0) is 50.3 Å². The summed E-state index contributed by atoms with van der Waals surface area (Å²) in [4.78, 5) is 24.7. The van der Waals surface area contributed by atoms with Crippen LogP contribution in [0.25, 0.3) is 0 Å². The largest absolute Gasteiger partial charge is 0.393 e. The number of anilines is 1. The van der Waals surface area contributed by atoms with Crippen LogP contribution < -0.4 is 11.1 Å². The number of nitro groups is 1. The van der Waals surface area contributed by atoms with Crippen LogP contribution in [0.4, 0.5) is 11.4 Å². The second kappa shape index (κ2) is 6.54. The Labute approximate surface area is 135 Å². The van der Waals surface area contributed by atoms with Gasteiger partial charge in [-0.2, -0.15) is 0 Å². The van der Waals surface area contributed by atoms with E-state index in [9.17, 15) is 14.9 Å². The van der Waals surface area contributed by atoms with Crippen LogP contribution in [0.1, 0.15) is 36.0 Å². The Kier molecular flexibility index (Phi) is 4.47. The van der Waals surface area contributed by atoms with Crippen molar-refractivity contribution in [3.8, 4) is 0 Å². The number of nitrogens with two attached hydrogens (primary N) is 1. The van der Waals surface area contributed by atoms with Crippen molar-refractivity contribution in [2.24, 2.45) is 5.92 Å². The molecule has 0 aromatic heterocycles. The van der Waals surface area contributed by atoms with E-state index in [0.717, 1.165) is 25.3 Å². The highest BCUT2D eigenvalue weighted by Crippen LogP contribution is 2.28. The summed E-state index contributed by atoms with van der Waals surface area (Å²) in [7, 11) is 0. The number of amides is 1. The van der Waals surface area contributed by atoms with Crippen LogP contribution in [0.5, 0.6) is 0 Å². The molecule has 3 N–H and O–H groups in total. The molecule has 1 aliphatic carbocycles. The molecule has 1 saturated heterocycles. The van der Waals surface area contributed by atoms with Crippen LogP contribution in [0.15, 0.2) is 18.2 Å². The van der Waals surface area contributed by atoms with E-state index in [1.807, 2.05) is 0 Å². The fourth-order valence-corrected chi connectivity index (χ4v) is 2.96. The molecule has 0 radical (unpaired) electrons. The van der Waals surface area contributed by atoms with E-state index in [0.29, 0.717) is 24.7 Å². The van der Waals surface area contributed by atoms with Crippen LogP contribution in [0.3, 0.4) is 0 Å². The minimum absolute atomic E-state index is 0.0783. The number of nitro benzene ring substituents is 1. The lowest BCUT2D eigenvalue weighted by Crippen LogP contribution is -2.45. The average molecular weight is 318 g/mol. The van der Waals surface area contributed by atoms with Gasteiger partial charge in [-0.3, -0.25) is 14.9 Å². The first kappa shape index (κ1) is 15.7. The quantitative estimate of drug-likeness (QED) is 0.489. The molecule has 1 amide bonds. The van der Waals surface area contributed by atoms with E-state index in [4.69, 9.17) is 5.73 Å². The summed E-state index contributed by atoms with van der Waals surface area (Å²) in [6.45, 7) is 2.45. The first-order valence-corrected chi connectivity index (χ1v) is 8.11. The van der Waals surface area contributed by atoms with Crippen LogP contribution in [0, 0.1) is 16.0 Å². The van der Waals surface area contributed by atoms with Gasteiger partial charge in [0.2, 0.25) is 0 Å². The van der Waals surface area contributed by atoms with Gasteiger partial charge in [-0.1, -0.05) is 0 Å². The van der Waals surface area contributed by atoms with Gasteiger partial charge in [0.05, 0.1) is 4.92 Å². The first-order valence-electron chi connectivity index (χ1n) is 8.11. The van der Waals surface area contributed by atoms with E-state index in [1.54, 1.807) is 11.0 Å². The highest BCUT2D eigenvalue weighted by Gasteiger charge is 2.27. The normalized spacial score (nSPS) is 18.9. The zero-order valence-electron chi connectivity index (χ0n) is 13.0. The summed E-state index contributed by atoms with van der Waals surface area (Å²) in [6.07, 6.45) is 4.52. The van der Waals surface area contributed by atoms with Gasteiger partial charge < -0.3 is 16.0 Å². The predicted octanol–water partition coefficient (Wildman–Crippen LogP) is 1.78. The van der Waals surface area contributed by atoms with Gasteiger partial charge in [0.15, 0.2) is 0 Å². The van der Waals surface area contributed by atoms with Crippen LogP contribution in [0.2, 0.25) is 0 Å². The van der Waals surface area contributed by atoms with Gasteiger partial charge >= 0.3 is 0 Å². The topological polar surface area (TPSA) is 102 Å². The molecule has 124 valence electrons. The highest BCUT2D eigenvalue weighted by atomic mass is 16.6. The van der Waals surface area contributed by atoms with E-state index in [2.05, 4.69) is 5.32 Å². The Morgan fingerprint density at radius 1 is 1.30 bits per heavy atom. The van der Waals surface area contributed by atoms with E-state index < -0.39 is 4.92 Å². The molecule has 1 aliphatic heterocycles.